The van der Waals surface area contributed by atoms with Gasteiger partial charge in [-0.25, -0.2) is 13.6 Å². The lowest BCUT2D eigenvalue weighted by Crippen LogP contribution is -2.51. The number of rotatable bonds is 1. The number of hydrogen-bond acceptors (Lipinski definition) is 2. The van der Waals surface area contributed by atoms with Crippen LogP contribution in [-0.2, 0) is 4.79 Å². The first-order valence-electron chi connectivity index (χ1n) is 6.24. The first kappa shape index (κ1) is 14.2. The van der Waals surface area contributed by atoms with Crippen LogP contribution in [0.1, 0.15) is 6.92 Å². The largest absolute Gasteiger partial charge is 0.339 e. The molecule has 1 aromatic carbocycles. The van der Waals surface area contributed by atoms with E-state index in [0.29, 0.717) is 26.2 Å². The van der Waals surface area contributed by atoms with Crippen LogP contribution in [0.2, 0.25) is 0 Å². The minimum atomic E-state index is -0.819. The maximum Gasteiger partial charge on any atom is 0.322 e. The highest BCUT2D eigenvalue weighted by Gasteiger charge is 2.23. The minimum Gasteiger partial charge on any atom is -0.339 e. The number of carbonyl (C=O) groups is 2. The highest BCUT2D eigenvalue weighted by Crippen LogP contribution is 2.18. The number of halogens is 2. The lowest BCUT2D eigenvalue weighted by atomic mass is 10.3. The van der Waals surface area contributed by atoms with Crippen LogP contribution in [0, 0.1) is 11.6 Å². The van der Waals surface area contributed by atoms with Gasteiger partial charge in [0, 0.05) is 33.1 Å². The van der Waals surface area contributed by atoms with Gasteiger partial charge in [0.1, 0.15) is 17.3 Å². The van der Waals surface area contributed by atoms with Gasteiger partial charge < -0.3 is 15.1 Å². The summed E-state index contributed by atoms with van der Waals surface area (Å²) in [5.74, 6) is -1.69. The smallest absolute Gasteiger partial charge is 0.322 e. The summed E-state index contributed by atoms with van der Waals surface area (Å²) in [7, 11) is 0. The van der Waals surface area contributed by atoms with Gasteiger partial charge in [-0.1, -0.05) is 6.07 Å². The third-order valence-corrected chi connectivity index (χ3v) is 3.21. The molecule has 0 bridgehead atoms. The normalized spacial score (nSPS) is 15.2. The third kappa shape index (κ3) is 3.04. The van der Waals surface area contributed by atoms with Crippen molar-refractivity contribution in [3.05, 3.63) is 29.8 Å². The number of benzene rings is 1. The van der Waals surface area contributed by atoms with Crippen LogP contribution in [0.4, 0.5) is 19.3 Å². The fourth-order valence-corrected chi connectivity index (χ4v) is 2.03. The van der Waals surface area contributed by atoms with Crippen molar-refractivity contribution in [3.63, 3.8) is 0 Å². The standard InChI is InChI=1S/C13H15F2N3O2/c1-9(19)17-5-7-18(8-6-17)13(20)16-12-10(14)3-2-4-11(12)15/h2-4H,5-8H2,1H3,(H,16,20). The highest BCUT2D eigenvalue weighted by molar-refractivity contribution is 5.89. The van der Waals surface area contributed by atoms with Crippen LogP contribution in [0.15, 0.2) is 18.2 Å². The van der Waals surface area contributed by atoms with Gasteiger partial charge in [0.15, 0.2) is 0 Å². The first-order valence-corrected chi connectivity index (χ1v) is 6.24. The van der Waals surface area contributed by atoms with E-state index in [0.717, 1.165) is 12.1 Å². The zero-order valence-electron chi connectivity index (χ0n) is 11.0. The zero-order valence-corrected chi connectivity index (χ0v) is 11.0. The number of carbonyl (C=O) groups excluding carboxylic acids is 2. The summed E-state index contributed by atoms with van der Waals surface area (Å²) in [6.45, 7) is 2.97. The van der Waals surface area contributed by atoms with Gasteiger partial charge in [-0.15, -0.1) is 0 Å². The molecular formula is C13H15F2N3O2. The molecule has 0 radical (unpaired) electrons. The van der Waals surface area contributed by atoms with Crippen molar-refractivity contribution < 1.29 is 18.4 Å². The number of urea groups is 1. The van der Waals surface area contributed by atoms with E-state index in [1.54, 1.807) is 4.90 Å². The summed E-state index contributed by atoms with van der Waals surface area (Å²) in [5, 5.41) is 2.23. The summed E-state index contributed by atoms with van der Waals surface area (Å²) in [5.41, 5.74) is -0.452. The van der Waals surface area contributed by atoms with Gasteiger partial charge in [0.25, 0.3) is 0 Å². The summed E-state index contributed by atoms with van der Waals surface area (Å²) in [6, 6.07) is 2.81. The lowest BCUT2D eigenvalue weighted by molar-refractivity contribution is -0.130. The fourth-order valence-electron chi connectivity index (χ4n) is 2.03. The highest BCUT2D eigenvalue weighted by atomic mass is 19.1. The first-order chi connectivity index (χ1) is 9.49. The van der Waals surface area contributed by atoms with Gasteiger partial charge in [-0.3, -0.25) is 4.79 Å². The number of hydrogen-bond donors (Lipinski definition) is 1. The molecule has 1 saturated heterocycles. The van der Waals surface area contributed by atoms with Crippen molar-refractivity contribution in [2.75, 3.05) is 31.5 Å². The number of para-hydroxylation sites is 1. The number of amides is 3. The molecule has 3 amide bonds. The Morgan fingerprint density at radius 3 is 2.05 bits per heavy atom. The third-order valence-electron chi connectivity index (χ3n) is 3.21. The van der Waals surface area contributed by atoms with Gasteiger partial charge >= 0.3 is 6.03 Å². The Hall–Kier alpha value is -2.18. The van der Waals surface area contributed by atoms with Crippen LogP contribution in [0.3, 0.4) is 0 Å². The van der Waals surface area contributed by atoms with E-state index in [9.17, 15) is 18.4 Å². The van der Waals surface area contributed by atoms with E-state index >= 15 is 0 Å². The van der Waals surface area contributed by atoms with Crippen LogP contribution in [-0.4, -0.2) is 47.9 Å². The van der Waals surface area contributed by atoms with E-state index in [1.807, 2.05) is 0 Å². The Kier molecular flexibility index (Phi) is 4.16. The van der Waals surface area contributed by atoms with Crippen LogP contribution >= 0.6 is 0 Å². The Balaban J connectivity index is 1.98. The van der Waals surface area contributed by atoms with Crippen molar-refractivity contribution in [2.45, 2.75) is 6.92 Å². The average Bonchev–Trinajstić information content (AvgIpc) is 2.43. The molecule has 7 heteroatoms. The van der Waals surface area contributed by atoms with E-state index in [4.69, 9.17) is 0 Å². The second-order valence-electron chi connectivity index (χ2n) is 4.52. The summed E-state index contributed by atoms with van der Waals surface area (Å²) < 4.78 is 26.8. The van der Waals surface area contributed by atoms with E-state index in [2.05, 4.69) is 5.32 Å². The SMILES string of the molecule is CC(=O)N1CCN(C(=O)Nc2c(F)cccc2F)CC1. The molecule has 0 unspecified atom stereocenters. The fraction of sp³-hybridized carbons (Fsp3) is 0.385. The van der Waals surface area contributed by atoms with Gasteiger partial charge in [-0.2, -0.15) is 0 Å². The Morgan fingerprint density at radius 2 is 1.55 bits per heavy atom. The zero-order chi connectivity index (χ0) is 14.7. The van der Waals surface area contributed by atoms with Crippen LogP contribution < -0.4 is 5.32 Å². The second kappa shape index (κ2) is 5.85. The van der Waals surface area contributed by atoms with E-state index in [-0.39, 0.29) is 5.91 Å². The van der Waals surface area contributed by atoms with Crippen LogP contribution in [0.5, 0.6) is 0 Å². The Bertz CT molecular complexity index is 508. The molecule has 0 saturated carbocycles. The Morgan fingerprint density at radius 1 is 1.05 bits per heavy atom. The molecule has 1 aromatic rings. The molecule has 0 spiro atoms. The molecule has 1 fully saturated rings. The predicted octanol–water partition coefficient (Wildman–Crippen LogP) is 1.66. The van der Waals surface area contributed by atoms with Crippen molar-refractivity contribution in [3.8, 4) is 0 Å². The van der Waals surface area contributed by atoms with E-state index in [1.165, 1.54) is 17.9 Å². The van der Waals surface area contributed by atoms with Gasteiger partial charge in [-0.05, 0) is 12.1 Å². The second-order valence-corrected chi connectivity index (χ2v) is 4.52. The molecule has 0 atom stereocenters. The number of piperazine rings is 1. The molecule has 2 rings (SSSR count). The number of nitrogens with one attached hydrogen (secondary N) is 1. The van der Waals surface area contributed by atoms with Crippen LogP contribution in [0.25, 0.3) is 0 Å². The number of anilines is 1. The van der Waals surface area contributed by atoms with Crippen molar-refractivity contribution >= 4 is 17.6 Å². The van der Waals surface area contributed by atoms with Crippen molar-refractivity contribution in [1.82, 2.24) is 9.80 Å². The van der Waals surface area contributed by atoms with Gasteiger partial charge in [0.2, 0.25) is 5.91 Å². The lowest BCUT2D eigenvalue weighted by Gasteiger charge is -2.34. The predicted molar refractivity (Wildman–Crippen MR) is 69.2 cm³/mol. The maximum absolute atomic E-state index is 13.4. The molecule has 1 N–H and O–H groups in total. The van der Waals surface area contributed by atoms with Gasteiger partial charge in [0.05, 0.1) is 0 Å². The molecule has 0 aliphatic carbocycles. The molecule has 1 aliphatic heterocycles. The molecule has 108 valence electrons. The van der Waals surface area contributed by atoms with E-state index < -0.39 is 23.4 Å². The molecular weight excluding hydrogens is 268 g/mol. The van der Waals surface area contributed by atoms with Crippen molar-refractivity contribution in [2.24, 2.45) is 0 Å². The summed E-state index contributed by atoms with van der Waals surface area (Å²) in [6.07, 6.45) is 0. The Labute approximate surface area is 115 Å². The summed E-state index contributed by atoms with van der Waals surface area (Å²) in [4.78, 5) is 26.1. The van der Waals surface area contributed by atoms with Crippen molar-refractivity contribution in [1.29, 1.82) is 0 Å². The average molecular weight is 283 g/mol. The monoisotopic (exact) mass is 283 g/mol. The molecule has 1 heterocycles. The molecule has 1 aliphatic rings. The molecule has 0 aromatic heterocycles. The topological polar surface area (TPSA) is 52.7 Å². The maximum atomic E-state index is 13.4. The summed E-state index contributed by atoms with van der Waals surface area (Å²) >= 11 is 0. The quantitative estimate of drug-likeness (QED) is 0.852. The molecule has 5 nitrogen and oxygen atoms in total. The number of nitrogens with zero attached hydrogens (tertiary/aromatic N) is 2. The minimum absolute atomic E-state index is 0.0507. The molecule has 20 heavy (non-hydrogen) atoms.